The number of furan rings is 1. The normalized spacial score (nSPS) is 15.3. The maximum atomic E-state index is 12.8. The molecule has 0 unspecified atom stereocenters. The molecule has 0 atom stereocenters. The monoisotopic (exact) mass is 383 g/mol. The highest BCUT2D eigenvalue weighted by molar-refractivity contribution is 6.39. The molecule has 29 heavy (non-hydrogen) atoms. The molecule has 4 amide bonds. The van der Waals surface area contributed by atoms with E-state index in [-0.39, 0.29) is 11.3 Å². The second-order valence-corrected chi connectivity index (χ2v) is 6.15. The Bertz CT molecular complexity index is 1200. The molecule has 140 valence electrons. The standard InChI is InChI=1S/C22H13N3O4/c23-13-14-6-4-5-9-17(14)19-11-10-16(29-19)12-18-20(26)24-22(28)25(21(18)27)15-7-2-1-3-8-15/h1-12H,(H,24,26,28)/b18-12+. The fourth-order valence-electron chi connectivity index (χ4n) is 2.98. The van der Waals surface area contributed by atoms with Crippen molar-refractivity contribution in [2.75, 3.05) is 4.90 Å². The Morgan fingerprint density at radius 3 is 2.41 bits per heavy atom. The molecule has 0 bridgehead atoms. The van der Waals surface area contributed by atoms with Crippen LogP contribution in [0.15, 0.2) is 76.7 Å². The van der Waals surface area contributed by atoms with Gasteiger partial charge in [-0.3, -0.25) is 14.9 Å². The van der Waals surface area contributed by atoms with Crippen LogP contribution in [0.25, 0.3) is 17.4 Å². The summed E-state index contributed by atoms with van der Waals surface area (Å²) in [6.07, 6.45) is 1.28. The van der Waals surface area contributed by atoms with Crippen molar-refractivity contribution < 1.29 is 18.8 Å². The summed E-state index contributed by atoms with van der Waals surface area (Å²) in [6, 6.07) is 19.7. The number of urea groups is 1. The molecule has 0 radical (unpaired) electrons. The van der Waals surface area contributed by atoms with E-state index in [2.05, 4.69) is 11.4 Å². The minimum Gasteiger partial charge on any atom is -0.457 e. The number of para-hydroxylation sites is 1. The maximum absolute atomic E-state index is 12.8. The first-order valence-electron chi connectivity index (χ1n) is 8.64. The zero-order valence-corrected chi connectivity index (χ0v) is 15.0. The van der Waals surface area contributed by atoms with Gasteiger partial charge in [0.2, 0.25) is 0 Å². The van der Waals surface area contributed by atoms with Gasteiger partial charge in [-0.05, 0) is 42.5 Å². The second kappa shape index (κ2) is 7.29. The lowest BCUT2D eigenvalue weighted by atomic mass is 10.1. The van der Waals surface area contributed by atoms with Gasteiger partial charge in [0.1, 0.15) is 17.1 Å². The number of benzene rings is 2. The number of amides is 4. The van der Waals surface area contributed by atoms with Gasteiger partial charge < -0.3 is 4.42 Å². The first kappa shape index (κ1) is 17.9. The van der Waals surface area contributed by atoms with E-state index < -0.39 is 17.8 Å². The summed E-state index contributed by atoms with van der Waals surface area (Å²) in [5.41, 5.74) is 1.15. The van der Waals surface area contributed by atoms with Gasteiger partial charge in [0.05, 0.1) is 17.3 Å². The van der Waals surface area contributed by atoms with E-state index in [0.717, 1.165) is 4.90 Å². The molecular weight excluding hydrogens is 370 g/mol. The van der Waals surface area contributed by atoms with Gasteiger partial charge in [0.15, 0.2) is 0 Å². The van der Waals surface area contributed by atoms with E-state index in [9.17, 15) is 19.6 Å². The summed E-state index contributed by atoms with van der Waals surface area (Å²) in [6.45, 7) is 0. The molecule has 1 aliphatic rings. The minimum atomic E-state index is -0.813. The third kappa shape index (κ3) is 3.31. The molecule has 1 fully saturated rings. The number of nitrogens with one attached hydrogen (secondary N) is 1. The summed E-state index contributed by atoms with van der Waals surface area (Å²) < 4.78 is 5.72. The number of nitriles is 1. The molecule has 2 aromatic carbocycles. The number of anilines is 1. The first-order valence-corrected chi connectivity index (χ1v) is 8.64. The number of hydrogen-bond donors (Lipinski definition) is 1. The zero-order chi connectivity index (χ0) is 20.4. The molecule has 1 aromatic heterocycles. The van der Waals surface area contributed by atoms with Crippen molar-refractivity contribution in [3.05, 3.63) is 83.6 Å². The van der Waals surface area contributed by atoms with Gasteiger partial charge in [-0.2, -0.15) is 5.26 Å². The predicted octanol–water partition coefficient (Wildman–Crippen LogP) is 3.48. The molecule has 2 heterocycles. The van der Waals surface area contributed by atoms with Crippen molar-refractivity contribution in [3.8, 4) is 17.4 Å². The van der Waals surface area contributed by atoms with Crippen LogP contribution < -0.4 is 10.2 Å². The fourth-order valence-corrected chi connectivity index (χ4v) is 2.98. The predicted molar refractivity (Wildman–Crippen MR) is 104 cm³/mol. The third-order valence-corrected chi connectivity index (χ3v) is 4.34. The number of imide groups is 2. The van der Waals surface area contributed by atoms with Crippen molar-refractivity contribution >= 4 is 29.6 Å². The summed E-state index contributed by atoms with van der Waals surface area (Å²) in [7, 11) is 0. The van der Waals surface area contributed by atoms with E-state index in [1.54, 1.807) is 66.7 Å². The summed E-state index contributed by atoms with van der Waals surface area (Å²) >= 11 is 0. The zero-order valence-electron chi connectivity index (χ0n) is 15.0. The topological polar surface area (TPSA) is 103 Å². The minimum absolute atomic E-state index is 0.233. The average molecular weight is 383 g/mol. The smallest absolute Gasteiger partial charge is 0.335 e. The summed E-state index contributed by atoms with van der Waals surface area (Å²) in [5.74, 6) is -0.884. The van der Waals surface area contributed by atoms with Crippen LogP contribution in [0, 0.1) is 11.3 Å². The first-order chi connectivity index (χ1) is 14.1. The van der Waals surface area contributed by atoms with Gasteiger partial charge in [-0.25, -0.2) is 9.69 Å². The molecule has 1 N–H and O–H groups in total. The van der Waals surface area contributed by atoms with Crippen molar-refractivity contribution in [1.82, 2.24) is 5.32 Å². The molecule has 7 nitrogen and oxygen atoms in total. The van der Waals surface area contributed by atoms with Gasteiger partial charge >= 0.3 is 6.03 Å². The van der Waals surface area contributed by atoms with Gasteiger partial charge in [0.25, 0.3) is 11.8 Å². The van der Waals surface area contributed by atoms with Crippen LogP contribution in [-0.4, -0.2) is 17.8 Å². The van der Waals surface area contributed by atoms with E-state index >= 15 is 0 Å². The highest BCUT2D eigenvalue weighted by Gasteiger charge is 2.36. The lowest BCUT2D eigenvalue weighted by Gasteiger charge is -2.26. The number of carbonyl (C=O) groups is 3. The molecule has 0 saturated carbocycles. The largest absolute Gasteiger partial charge is 0.457 e. The van der Waals surface area contributed by atoms with E-state index in [1.807, 2.05) is 0 Å². The Morgan fingerprint density at radius 2 is 1.66 bits per heavy atom. The van der Waals surface area contributed by atoms with Crippen LogP contribution in [-0.2, 0) is 9.59 Å². The fraction of sp³-hybridized carbons (Fsp3) is 0. The molecule has 3 aromatic rings. The van der Waals surface area contributed by atoms with Crippen LogP contribution in [0.4, 0.5) is 10.5 Å². The van der Waals surface area contributed by atoms with E-state index in [0.29, 0.717) is 22.6 Å². The van der Waals surface area contributed by atoms with Crippen molar-refractivity contribution in [1.29, 1.82) is 5.26 Å². The van der Waals surface area contributed by atoms with Crippen molar-refractivity contribution in [2.24, 2.45) is 0 Å². The molecule has 1 aliphatic heterocycles. The molecular formula is C22H13N3O4. The molecule has 7 heteroatoms. The summed E-state index contributed by atoms with van der Waals surface area (Å²) in [4.78, 5) is 38.1. The van der Waals surface area contributed by atoms with Gasteiger partial charge in [0, 0.05) is 5.56 Å². The molecule has 1 saturated heterocycles. The number of barbiturate groups is 1. The van der Waals surface area contributed by atoms with E-state index in [1.165, 1.54) is 6.08 Å². The number of nitrogens with zero attached hydrogens (tertiary/aromatic N) is 2. The highest BCUT2D eigenvalue weighted by Crippen LogP contribution is 2.27. The van der Waals surface area contributed by atoms with Crippen LogP contribution in [0.2, 0.25) is 0 Å². The number of hydrogen-bond acceptors (Lipinski definition) is 5. The van der Waals surface area contributed by atoms with Crippen molar-refractivity contribution in [2.45, 2.75) is 0 Å². The van der Waals surface area contributed by atoms with E-state index in [4.69, 9.17) is 4.42 Å². The van der Waals surface area contributed by atoms with Gasteiger partial charge in [-0.1, -0.05) is 30.3 Å². The van der Waals surface area contributed by atoms with Crippen LogP contribution >= 0.6 is 0 Å². The quantitative estimate of drug-likeness (QED) is 0.551. The SMILES string of the molecule is N#Cc1ccccc1-c1ccc(/C=C2\C(=O)NC(=O)N(c3ccccc3)C2=O)o1. The number of carbonyl (C=O) groups excluding carboxylic acids is 3. The Morgan fingerprint density at radius 1 is 0.931 bits per heavy atom. The average Bonchev–Trinajstić information content (AvgIpc) is 3.20. The lowest BCUT2D eigenvalue weighted by Crippen LogP contribution is -2.54. The van der Waals surface area contributed by atoms with Crippen LogP contribution in [0.1, 0.15) is 11.3 Å². The Hall–Kier alpha value is -4.44. The maximum Gasteiger partial charge on any atom is 0.335 e. The van der Waals surface area contributed by atoms with Crippen molar-refractivity contribution in [3.63, 3.8) is 0 Å². The highest BCUT2D eigenvalue weighted by atomic mass is 16.3. The lowest BCUT2D eigenvalue weighted by molar-refractivity contribution is -0.122. The third-order valence-electron chi connectivity index (χ3n) is 4.34. The van der Waals surface area contributed by atoms with Crippen LogP contribution in [0.3, 0.4) is 0 Å². The second-order valence-electron chi connectivity index (χ2n) is 6.15. The summed E-state index contributed by atoms with van der Waals surface area (Å²) in [5, 5.41) is 11.4. The Labute approximate surface area is 165 Å². The van der Waals surface area contributed by atoms with Crippen LogP contribution in [0.5, 0.6) is 0 Å². The molecule has 4 rings (SSSR count). The Kier molecular flexibility index (Phi) is 4.51. The molecule has 0 aliphatic carbocycles. The molecule has 0 spiro atoms. The van der Waals surface area contributed by atoms with Gasteiger partial charge in [-0.15, -0.1) is 0 Å². The number of rotatable bonds is 3. The Balaban J connectivity index is 1.70.